The number of methoxy groups -OCH3 is 1. The van der Waals surface area contributed by atoms with Gasteiger partial charge in [-0.25, -0.2) is 0 Å². The SMILES string of the molecule is COc1cc(O)c[nH]1. The highest BCUT2D eigenvalue weighted by Gasteiger charge is 1.91. The molecular formula is C5H7NO2. The summed E-state index contributed by atoms with van der Waals surface area (Å²) in [6.45, 7) is 0. The van der Waals surface area contributed by atoms with E-state index in [4.69, 9.17) is 9.84 Å². The van der Waals surface area contributed by atoms with E-state index in [9.17, 15) is 0 Å². The molecule has 0 saturated carbocycles. The summed E-state index contributed by atoms with van der Waals surface area (Å²) in [7, 11) is 1.53. The Bertz CT molecular complexity index is 171. The summed E-state index contributed by atoms with van der Waals surface area (Å²) in [4.78, 5) is 2.68. The van der Waals surface area contributed by atoms with Crippen molar-refractivity contribution < 1.29 is 9.84 Å². The number of rotatable bonds is 1. The lowest BCUT2D eigenvalue weighted by Gasteiger charge is -1.87. The van der Waals surface area contributed by atoms with Crippen molar-refractivity contribution in [3.05, 3.63) is 12.3 Å². The normalized spacial score (nSPS) is 9.12. The van der Waals surface area contributed by atoms with Crippen molar-refractivity contribution in [2.75, 3.05) is 7.11 Å². The minimum Gasteiger partial charge on any atom is -0.506 e. The van der Waals surface area contributed by atoms with Crippen molar-refractivity contribution in [1.29, 1.82) is 0 Å². The van der Waals surface area contributed by atoms with E-state index in [1.54, 1.807) is 0 Å². The number of H-pyrrole nitrogens is 1. The number of ether oxygens (including phenoxy) is 1. The highest BCUT2D eigenvalue weighted by molar-refractivity contribution is 5.24. The molecule has 0 spiro atoms. The van der Waals surface area contributed by atoms with E-state index in [1.165, 1.54) is 19.4 Å². The summed E-state index contributed by atoms with van der Waals surface area (Å²) in [5.41, 5.74) is 0. The van der Waals surface area contributed by atoms with Crippen LogP contribution in [0.1, 0.15) is 0 Å². The molecule has 1 rings (SSSR count). The van der Waals surface area contributed by atoms with Crippen molar-refractivity contribution in [2.24, 2.45) is 0 Å². The Morgan fingerprint density at radius 1 is 1.75 bits per heavy atom. The molecule has 0 unspecified atom stereocenters. The molecule has 3 heteroatoms. The van der Waals surface area contributed by atoms with E-state index < -0.39 is 0 Å². The molecule has 1 heterocycles. The second-order valence-corrected chi connectivity index (χ2v) is 1.43. The van der Waals surface area contributed by atoms with Gasteiger partial charge in [-0.05, 0) is 0 Å². The first-order valence-electron chi connectivity index (χ1n) is 2.24. The molecule has 1 aromatic heterocycles. The standard InChI is InChI=1S/C5H7NO2/c1-8-5-2-4(7)3-6-5/h2-3,6-7H,1H3. The van der Waals surface area contributed by atoms with Gasteiger partial charge in [-0.1, -0.05) is 0 Å². The van der Waals surface area contributed by atoms with Crippen molar-refractivity contribution in [2.45, 2.75) is 0 Å². The first kappa shape index (κ1) is 5.03. The number of aromatic amines is 1. The molecule has 0 bridgehead atoms. The summed E-state index contributed by atoms with van der Waals surface area (Å²) in [5.74, 6) is 0.768. The molecule has 0 radical (unpaired) electrons. The van der Waals surface area contributed by atoms with Gasteiger partial charge in [0, 0.05) is 12.3 Å². The van der Waals surface area contributed by atoms with Gasteiger partial charge in [0.25, 0.3) is 0 Å². The fraction of sp³-hybridized carbons (Fsp3) is 0.200. The smallest absolute Gasteiger partial charge is 0.194 e. The molecule has 44 valence electrons. The molecule has 0 aliphatic carbocycles. The van der Waals surface area contributed by atoms with E-state index in [1.807, 2.05) is 0 Å². The minimum atomic E-state index is 0.196. The minimum absolute atomic E-state index is 0.196. The van der Waals surface area contributed by atoms with E-state index in [0.717, 1.165) is 0 Å². The van der Waals surface area contributed by atoms with Gasteiger partial charge in [0.05, 0.1) is 7.11 Å². The largest absolute Gasteiger partial charge is 0.506 e. The van der Waals surface area contributed by atoms with Crippen LogP contribution in [0.5, 0.6) is 11.6 Å². The Morgan fingerprint density at radius 3 is 2.75 bits per heavy atom. The zero-order valence-corrected chi connectivity index (χ0v) is 4.51. The summed E-state index contributed by atoms with van der Waals surface area (Å²) in [5, 5.41) is 8.67. The lowest BCUT2D eigenvalue weighted by Crippen LogP contribution is -1.78. The molecule has 0 aliphatic heterocycles. The van der Waals surface area contributed by atoms with Crippen molar-refractivity contribution >= 4 is 0 Å². The molecule has 0 amide bonds. The van der Waals surface area contributed by atoms with Gasteiger partial charge in [0.2, 0.25) is 0 Å². The van der Waals surface area contributed by atoms with Crippen molar-refractivity contribution in [3.63, 3.8) is 0 Å². The summed E-state index contributed by atoms with van der Waals surface area (Å²) < 4.78 is 4.72. The van der Waals surface area contributed by atoms with E-state index >= 15 is 0 Å². The molecule has 0 aliphatic rings. The Labute approximate surface area is 46.9 Å². The van der Waals surface area contributed by atoms with E-state index in [0.29, 0.717) is 5.88 Å². The van der Waals surface area contributed by atoms with Crippen LogP contribution in [0.2, 0.25) is 0 Å². The zero-order chi connectivity index (χ0) is 5.98. The second kappa shape index (κ2) is 1.78. The average molecular weight is 113 g/mol. The lowest BCUT2D eigenvalue weighted by molar-refractivity contribution is 0.399. The maximum absolute atomic E-state index is 8.67. The molecule has 3 nitrogen and oxygen atoms in total. The number of aromatic nitrogens is 1. The lowest BCUT2D eigenvalue weighted by atomic mass is 10.6. The van der Waals surface area contributed by atoms with Crippen LogP contribution in [-0.2, 0) is 0 Å². The summed E-state index contributed by atoms with van der Waals surface area (Å²) >= 11 is 0. The number of hydrogen-bond donors (Lipinski definition) is 2. The third-order valence-corrected chi connectivity index (χ3v) is 0.861. The van der Waals surface area contributed by atoms with Gasteiger partial charge >= 0.3 is 0 Å². The quantitative estimate of drug-likeness (QED) is 0.563. The van der Waals surface area contributed by atoms with Crippen LogP contribution in [0.4, 0.5) is 0 Å². The maximum atomic E-state index is 8.67. The number of aromatic hydroxyl groups is 1. The van der Waals surface area contributed by atoms with Gasteiger partial charge in [0.1, 0.15) is 5.75 Å². The third-order valence-electron chi connectivity index (χ3n) is 0.861. The molecule has 1 aromatic rings. The highest BCUT2D eigenvalue weighted by Crippen LogP contribution is 2.14. The predicted octanol–water partition coefficient (Wildman–Crippen LogP) is 0.729. The predicted molar refractivity (Wildman–Crippen MR) is 29.0 cm³/mol. The van der Waals surface area contributed by atoms with Crippen molar-refractivity contribution in [3.8, 4) is 11.6 Å². The van der Waals surface area contributed by atoms with Crippen LogP contribution in [0.3, 0.4) is 0 Å². The topological polar surface area (TPSA) is 45.2 Å². The molecule has 0 atom stereocenters. The van der Waals surface area contributed by atoms with Crippen LogP contribution < -0.4 is 4.74 Å². The van der Waals surface area contributed by atoms with Crippen LogP contribution in [0.15, 0.2) is 12.3 Å². The van der Waals surface area contributed by atoms with Crippen molar-refractivity contribution in [1.82, 2.24) is 4.98 Å². The van der Waals surface area contributed by atoms with Crippen LogP contribution >= 0.6 is 0 Å². The fourth-order valence-electron chi connectivity index (χ4n) is 0.481. The first-order chi connectivity index (χ1) is 3.83. The first-order valence-corrected chi connectivity index (χ1v) is 2.24. The van der Waals surface area contributed by atoms with Gasteiger partial charge in [-0.15, -0.1) is 0 Å². The van der Waals surface area contributed by atoms with Gasteiger partial charge in [0.15, 0.2) is 5.88 Å². The fourth-order valence-corrected chi connectivity index (χ4v) is 0.481. The van der Waals surface area contributed by atoms with Gasteiger partial charge < -0.3 is 14.8 Å². The average Bonchev–Trinajstić information content (AvgIpc) is 2.14. The van der Waals surface area contributed by atoms with Crippen LogP contribution in [-0.4, -0.2) is 17.2 Å². The monoisotopic (exact) mass is 113 g/mol. The molecular weight excluding hydrogens is 106 g/mol. The van der Waals surface area contributed by atoms with E-state index in [-0.39, 0.29) is 5.75 Å². The maximum Gasteiger partial charge on any atom is 0.194 e. The molecule has 2 N–H and O–H groups in total. The van der Waals surface area contributed by atoms with Crippen LogP contribution in [0, 0.1) is 0 Å². The summed E-state index contributed by atoms with van der Waals surface area (Å²) in [6, 6.07) is 1.50. The molecule has 0 aromatic carbocycles. The number of nitrogens with one attached hydrogen (secondary N) is 1. The second-order valence-electron chi connectivity index (χ2n) is 1.43. The highest BCUT2D eigenvalue weighted by atomic mass is 16.5. The Morgan fingerprint density at radius 2 is 2.50 bits per heavy atom. The van der Waals surface area contributed by atoms with Crippen LogP contribution in [0.25, 0.3) is 0 Å². The van der Waals surface area contributed by atoms with E-state index in [2.05, 4.69) is 4.98 Å². The molecule has 0 fully saturated rings. The molecule has 8 heavy (non-hydrogen) atoms. The van der Waals surface area contributed by atoms with Gasteiger partial charge in [-0.2, -0.15) is 0 Å². The van der Waals surface area contributed by atoms with Gasteiger partial charge in [-0.3, -0.25) is 0 Å². The summed E-state index contributed by atoms with van der Waals surface area (Å²) in [6.07, 6.45) is 1.46. The Kier molecular flexibility index (Phi) is 1.12. The zero-order valence-electron chi connectivity index (χ0n) is 4.51. The Balaban J connectivity index is 2.84. The number of hydrogen-bond acceptors (Lipinski definition) is 2. The third kappa shape index (κ3) is 0.753. The Hall–Kier alpha value is -1.12. The molecule has 0 saturated heterocycles.